The topological polar surface area (TPSA) is 46.5 Å². The maximum atomic E-state index is 11.9. The van der Waals surface area contributed by atoms with Gasteiger partial charge in [0, 0.05) is 11.0 Å². The lowest BCUT2D eigenvalue weighted by molar-refractivity contribution is -0.141. The summed E-state index contributed by atoms with van der Waals surface area (Å²) >= 11 is 0. The third-order valence-corrected chi connectivity index (χ3v) is 4.81. The molecule has 3 heteroatoms. The van der Waals surface area contributed by atoms with E-state index >= 15 is 0 Å². The predicted octanol–water partition coefficient (Wildman–Crippen LogP) is 1.90. The maximum absolute atomic E-state index is 11.9. The molecule has 90 valence electrons. The van der Waals surface area contributed by atoms with Gasteiger partial charge < -0.3 is 9.84 Å². The van der Waals surface area contributed by atoms with Crippen molar-refractivity contribution in [2.24, 2.45) is 16.7 Å². The lowest BCUT2D eigenvalue weighted by atomic mass is 9.67. The molecule has 1 fully saturated rings. The minimum Gasteiger partial charge on any atom is -0.460 e. The Balaban J connectivity index is 2.20. The van der Waals surface area contributed by atoms with Crippen molar-refractivity contribution in [3.05, 3.63) is 11.6 Å². The first-order valence-electron chi connectivity index (χ1n) is 5.94. The van der Waals surface area contributed by atoms with E-state index in [4.69, 9.17) is 9.84 Å². The molecule has 1 N–H and O–H groups in total. The molecule has 0 heterocycles. The van der Waals surface area contributed by atoms with Crippen molar-refractivity contribution >= 4 is 5.97 Å². The molecule has 16 heavy (non-hydrogen) atoms. The maximum Gasteiger partial charge on any atom is 0.334 e. The number of ether oxygens (including phenoxy) is 1. The second kappa shape index (κ2) is 3.59. The molecule has 1 saturated carbocycles. The fourth-order valence-electron chi connectivity index (χ4n) is 3.20. The largest absolute Gasteiger partial charge is 0.460 e. The fourth-order valence-corrected chi connectivity index (χ4v) is 3.20. The molecular formula is C13H20O3. The van der Waals surface area contributed by atoms with E-state index in [0.29, 0.717) is 5.92 Å². The van der Waals surface area contributed by atoms with E-state index in [1.165, 1.54) is 6.42 Å². The van der Waals surface area contributed by atoms with Crippen LogP contribution in [0.3, 0.4) is 0 Å². The first kappa shape index (κ1) is 11.6. The quantitative estimate of drug-likeness (QED) is 0.745. The van der Waals surface area contributed by atoms with Crippen LogP contribution in [-0.4, -0.2) is 24.3 Å². The zero-order valence-electron chi connectivity index (χ0n) is 10.2. The van der Waals surface area contributed by atoms with E-state index < -0.39 is 0 Å². The van der Waals surface area contributed by atoms with Gasteiger partial charge in [-0.05, 0) is 24.2 Å². The molecule has 0 saturated heterocycles. The van der Waals surface area contributed by atoms with Gasteiger partial charge in [0.1, 0.15) is 6.61 Å². The van der Waals surface area contributed by atoms with Crippen LogP contribution in [0.15, 0.2) is 11.6 Å². The molecule has 2 aliphatic carbocycles. The summed E-state index contributed by atoms with van der Waals surface area (Å²) in [7, 11) is 0. The van der Waals surface area contributed by atoms with Gasteiger partial charge in [0.2, 0.25) is 0 Å². The molecular weight excluding hydrogens is 204 g/mol. The minimum atomic E-state index is -0.244. The minimum absolute atomic E-state index is 0.0514. The molecule has 2 bridgehead atoms. The van der Waals surface area contributed by atoms with Gasteiger partial charge >= 0.3 is 5.97 Å². The van der Waals surface area contributed by atoms with E-state index in [0.717, 1.165) is 12.0 Å². The lowest BCUT2D eigenvalue weighted by Gasteiger charge is -2.36. The molecule has 0 radical (unpaired) electrons. The highest BCUT2D eigenvalue weighted by Gasteiger charge is 2.59. The summed E-state index contributed by atoms with van der Waals surface area (Å²) in [5.41, 5.74) is 0.923. The van der Waals surface area contributed by atoms with Crippen molar-refractivity contribution in [2.45, 2.75) is 33.6 Å². The summed E-state index contributed by atoms with van der Waals surface area (Å²) in [5, 5.41) is 8.66. The normalized spacial score (nSPS) is 35.0. The van der Waals surface area contributed by atoms with Crippen LogP contribution in [0.4, 0.5) is 0 Å². The molecule has 2 atom stereocenters. The van der Waals surface area contributed by atoms with Crippen molar-refractivity contribution in [2.75, 3.05) is 13.2 Å². The van der Waals surface area contributed by atoms with Gasteiger partial charge in [-0.2, -0.15) is 0 Å². The molecule has 0 aliphatic heterocycles. The van der Waals surface area contributed by atoms with Crippen molar-refractivity contribution in [1.29, 1.82) is 0 Å². The van der Waals surface area contributed by atoms with Crippen molar-refractivity contribution in [3.8, 4) is 0 Å². The number of hydrogen-bond acceptors (Lipinski definition) is 3. The Labute approximate surface area is 96.5 Å². The SMILES string of the molecule is CC12CCC(C=C1C(=O)OCCO)C2(C)C. The van der Waals surface area contributed by atoms with Crippen LogP contribution in [0.5, 0.6) is 0 Å². The Morgan fingerprint density at radius 2 is 2.25 bits per heavy atom. The number of carbonyl (C=O) groups excluding carboxylic acids is 1. The summed E-state index contributed by atoms with van der Waals surface area (Å²) in [5.74, 6) is 0.251. The van der Waals surface area contributed by atoms with Crippen molar-refractivity contribution in [1.82, 2.24) is 0 Å². The van der Waals surface area contributed by atoms with E-state index in [9.17, 15) is 4.79 Å². The van der Waals surface area contributed by atoms with Gasteiger partial charge in [0.15, 0.2) is 0 Å². The number of fused-ring (bicyclic) bond motifs is 2. The number of allylic oxidation sites excluding steroid dienone is 1. The molecule has 0 aromatic heterocycles. The number of rotatable bonds is 3. The number of aliphatic hydroxyl groups is 1. The Morgan fingerprint density at radius 1 is 1.56 bits per heavy atom. The smallest absolute Gasteiger partial charge is 0.334 e. The van der Waals surface area contributed by atoms with Gasteiger partial charge in [0.25, 0.3) is 0 Å². The van der Waals surface area contributed by atoms with Crippen LogP contribution < -0.4 is 0 Å². The summed E-state index contributed by atoms with van der Waals surface area (Å²) < 4.78 is 5.03. The van der Waals surface area contributed by atoms with Crippen LogP contribution in [0.1, 0.15) is 33.6 Å². The van der Waals surface area contributed by atoms with E-state index in [1.54, 1.807) is 0 Å². The number of aliphatic hydroxyl groups excluding tert-OH is 1. The van der Waals surface area contributed by atoms with Crippen molar-refractivity contribution < 1.29 is 14.6 Å². The van der Waals surface area contributed by atoms with Crippen LogP contribution >= 0.6 is 0 Å². The zero-order chi connectivity index (χ0) is 12.0. The highest BCUT2D eigenvalue weighted by molar-refractivity contribution is 5.91. The molecule has 0 spiro atoms. The summed E-state index contributed by atoms with van der Waals surface area (Å²) in [6.07, 6.45) is 4.31. The van der Waals surface area contributed by atoms with Gasteiger partial charge in [-0.1, -0.05) is 26.8 Å². The summed E-state index contributed by atoms with van der Waals surface area (Å²) in [6, 6.07) is 0. The Kier molecular flexibility index (Phi) is 2.61. The molecule has 0 amide bonds. The number of hydrogen-bond donors (Lipinski definition) is 1. The zero-order valence-corrected chi connectivity index (χ0v) is 10.2. The first-order valence-corrected chi connectivity index (χ1v) is 5.94. The molecule has 2 aliphatic rings. The van der Waals surface area contributed by atoms with Crippen molar-refractivity contribution in [3.63, 3.8) is 0 Å². The Bertz CT molecular complexity index is 343. The van der Waals surface area contributed by atoms with Gasteiger partial charge in [-0.15, -0.1) is 0 Å². The third kappa shape index (κ3) is 1.34. The van der Waals surface area contributed by atoms with Crippen LogP contribution in [0, 0.1) is 16.7 Å². The highest BCUT2D eigenvalue weighted by atomic mass is 16.5. The second-order valence-corrected chi connectivity index (χ2v) is 5.64. The Morgan fingerprint density at radius 3 is 2.69 bits per heavy atom. The van der Waals surface area contributed by atoms with Crippen LogP contribution in [0.25, 0.3) is 0 Å². The highest BCUT2D eigenvalue weighted by Crippen LogP contribution is 2.65. The molecule has 0 aromatic carbocycles. The molecule has 3 nitrogen and oxygen atoms in total. The van der Waals surface area contributed by atoms with Gasteiger partial charge in [0.05, 0.1) is 6.61 Å². The standard InChI is InChI=1S/C13H20O3/c1-12(2)9-4-5-13(12,3)10(8-9)11(15)16-7-6-14/h8-9,14H,4-7H2,1-3H3. The molecule has 2 rings (SSSR count). The molecule has 0 aromatic rings. The summed E-state index contributed by atoms with van der Waals surface area (Å²) in [6.45, 7) is 6.60. The predicted molar refractivity (Wildman–Crippen MR) is 60.7 cm³/mol. The fraction of sp³-hybridized carbons (Fsp3) is 0.769. The number of esters is 1. The van der Waals surface area contributed by atoms with Crippen LogP contribution in [-0.2, 0) is 9.53 Å². The van der Waals surface area contributed by atoms with Gasteiger partial charge in [-0.25, -0.2) is 4.79 Å². The molecule has 2 unspecified atom stereocenters. The van der Waals surface area contributed by atoms with Crippen LogP contribution in [0.2, 0.25) is 0 Å². The Hall–Kier alpha value is -0.830. The van der Waals surface area contributed by atoms with Gasteiger partial charge in [-0.3, -0.25) is 0 Å². The monoisotopic (exact) mass is 224 g/mol. The number of carbonyl (C=O) groups is 1. The summed E-state index contributed by atoms with van der Waals surface area (Å²) in [4.78, 5) is 11.9. The average molecular weight is 224 g/mol. The average Bonchev–Trinajstić information content (AvgIpc) is 2.57. The second-order valence-electron chi connectivity index (χ2n) is 5.64. The van der Waals surface area contributed by atoms with E-state index in [2.05, 4.69) is 26.8 Å². The lowest BCUT2D eigenvalue weighted by Crippen LogP contribution is -2.33. The van der Waals surface area contributed by atoms with E-state index in [-0.39, 0.29) is 30.0 Å². The first-order chi connectivity index (χ1) is 7.43. The van der Waals surface area contributed by atoms with E-state index in [1.807, 2.05) is 0 Å². The third-order valence-electron chi connectivity index (χ3n) is 4.81.